The molecule has 0 aromatic rings. The second-order valence-electron chi connectivity index (χ2n) is 5.94. The summed E-state index contributed by atoms with van der Waals surface area (Å²) in [6.45, 7) is 9.35. The molecule has 0 unspecified atom stereocenters. The fraction of sp³-hybridized carbons (Fsp3) is 0.769. The van der Waals surface area contributed by atoms with Crippen LogP contribution < -0.4 is 0 Å². The zero-order valence-corrected chi connectivity index (χ0v) is 12.3. The van der Waals surface area contributed by atoms with Crippen molar-refractivity contribution >= 4 is 14.2 Å². The van der Waals surface area contributed by atoms with Crippen LogP contribution in [0.5, 0.6) is 0 Å². The monoisotopic (exact) mass is 253 g/mol. The third kappa shape index (κ3) is 4.08. The van der Waals surface area contributed by atoms with Crippen molar-refractivity contribution in [2.45, 2.75) is 57.5 Å². The Morgan fingerprint density at radius 2 is 2.12 bits per heavy atom. The fourth-order valence-corrected chi connectivity index (χ4v) is 2.69. The number of rotatable bonds is 3. The molecule has 0 aromatic carbocycles. The van der Waals surface area contributed by atoms with Gasteiger partial charge in [-0.25, -0.2) is 4.79 Å². The molecule has 1 saturated heterocycles. The summed E-state index contributed by atoms with van der Waals surface area (Å²) in [5.74, 6) is 2.67. The summed E-state index contributed by atoms with van der Waals surface area (Å²) >= 11 is 0. The molecule has 4 heteroatoms. The maximum atomic E-state index is 11.9. The predicted octanol–water partition coefficient (Wildman–Crippen LogP) is 2.95. The van der Waals surface area contributed by atoms with Gasteiger partial charge in [0.15, 0.2) is 0 Å². The van der Waals surface area contributed by atoms with Crippen LogP contribution in [0.3, 0.4) is 0 Å². The Balaban J connectivity index is 2.44. The molecule has 0 saturated carbocycles. The van der Waals surface area contributed by atoms with E-state index in [1.165, 1.54) is 0 Å². The molecule has 1 amide bonds. The Hall–Kier alpha value is -0.953. The van der Waals surface area contributed by atoms with Crippen LogP contribution in [0.15, 0.2) is 0 Å². The molecule has 3 nitrogen and oxygen atoms in total. The molecule has 0 radical (unpaired) electrons. The Morgan fingerprint density at radius 1 is 1.47 bits per heavy atom. The van der Waals surface area contributed by atoms with Gasteiger partial charge < -0.3 is 4.74 Å². The van der Waals surface area contributed by atoms with Crippen molar-refractivity contribution in [1.29, 1.82) is 0 Å². The van der Waals surface area contributed by atoms with Crippen LogP contribution in [0, 0.1) is 12.3 Å². The summed E-state index contributed by atoms with van der Waals surface area (Å²) in [7, 11) is -1.14. The van der Waals surface area contributed by atoms with Gasteiger partial charge >= 0.3 is 6.09 Å². The number of hydrogen-bond acceptors (Lipinski definition) is 2. The van der Waals surface area contributed by atoms with Crippen molar-refractivity contribution in [3.05, 3.63) is 0 Å². The van der Waals surface area contributed by atoms with Crippen LogP contribution in [-0.2, 0) is 4.74 Å². The van der Waals surface area contributed by atoms with Gasteiger partial charge in [-0.3, -0.25) is 4.90 Å². The van der Waals surface area contributed by atoms with Gasteiger partial charge in [-0.2, -0.15) is 0 Å². The van der Waals surface area contributed by atoms with Crippen molar-refractivity contribution in [2.75, 3.05) is 6.61 Å². The quantitative estimate of drug-likeness (QED) is 0.572. The van der Waals surface area contributed by atoms with Crippen LogP contribution in [0.1, 0.15) is 19.8 Å². The normalized spacial score (nSPS) is 24.5. The summed E-state index contributed by atoms with van der Waals surface area (Å²) in [4.78, 5) is 13.6. The molecule has 1 heterocycles. The smallest absolute Gasteiger partial charge is 0.411 e. The molecule has 1 aliphatic heterocycles. The highest BCUT2D eigenvalue weighted by Gasteiger charge is 2.34. The number of amides is 1. The molecule has 0 aromatic heterocycles. The molecule has 17 heavy (non-hydrogen) atoms. The molecular formula is C13H23NO2Si. The Kier molecular flexibility index (Phi) is 4.64. The van der Waals surface area contributed by atoms with E-state index in [2.05, 4.69) is 25.6 Å². The molecule has 1 rings (SSSR count). The molecule has 1 aliphatic rings. The molecular weight excluding hydrogens is 230 g/mol. The minimum absolute atomic E-state index is 0.0793. The van der Waals surface area contributed by atoms with E-state index in [1.807, 2.05) is 6.92 Å². The van der Waals surface area contributed by atoms with Crippen molar-refractivity contribution in [2.24, 2.45) is 0 Å². The first-order valence-electron chi connectivity index (χ1n) is 6.26. The average Bonchev–Trinajstić information content (AvgIpc) is 2.57. The van der Waals surface area contributed by atoms with E-state index in [0.29, 0.717) is 6.61 Å². The average molecular weight is 253 g/mol. The van der Waals surface area contributed by atoms with Gasteiger partial charge in [-0.15, -0.1) is 6.42 Å². The molecule has 96 valence electrons. The van der Waals surface area contributed by atoms with E-state index < -0.39 is 8.07 Å². The van der Waals surface area contributed by atoms with Crippen LogP contribution in [0.2, 0.25) is 25.7 Å². The summed E-state index contributed by atoms with van der Waals surface area (Å²) in [5.41, 5.74) is 0. The summed E-state index contributed by atoms with van der Waals surface area (Å²) in [5, 5.41) is 0. The van der Waals surface area contributed by atoms with Gasteiger partial charge in [0.05, 0.1) is 12.6 Å². The first-order valence-corrected chi connectivity index (χ1v) is 9.97. The summed E-state index contributed by atoms with van der Waals surface area (Å²) in [6.07, 6.45) is 7.05. The van der Waals surface area contributed by atoms with Gasteiger partial charge in [0, 0.05) is 14.1 Å². The summed E-state index contributed by atoms with van der Waals surface area (Å²) < 4.78 is 5.33. The SMILES string of the molecule is C#C[C@H]1CC[C@@H](C)N1C(=O)OCC[Si](C)(C)C. The van der Waals surface area contributed by atoms with Crippen LogP contribution in [0.4, 0.5) is 4.79 Å². The molecule has 0 aliphatic carbocycles. The van der Waals surface area contributed by atoms with Crippen LogP contribution >= 0.6 is 0 Å². The maximum Gasteiger partial charge on any atom is 0.411 e. The first-order chi connectivity index (χ1) is 7.85. The highest BCUT2D eigenvalue weighted by molar-refractivity contribution is 6.76. The number of terminal acetylenes is 1. The van der Waals surface area contributed by atoms with E-state index in [1.54, 1.807) is 4.90 Å². The maximum absolute atomic E-state index is 11.9. The summed E-state index contributed by atoms with van der Waals surface area (Å²) in [6, 6.07) is 1.13. The second-order valence-corrected chi connectivity index (χ2v) is 11.6. The Labute approximate surface area is 106 Å². The van der Waals surface area contributed by atoms with E-state index in [4.69, 9.17) is 11.2 Å². The van der Waals surface area contributed by atoms with E-state index in [9.17, 15) is 4.79 Å². The largest absolute Gasteiger partial charge is 0.450 e. The molecule has 0 N–H and O–H groups in total. The highest BCUT2D eigenvalue weighted by Crippen LogP contribution is 2.24. The number of nitrogens with zero attached hydrogens (tertiary/aromatic N) is 1. The number of carbonyl (C=O) groups excluding carboxylic acids is 1. The Morgan fingerprint density at radius 3 is 2.65 bits per heavy atom. The number of carbonyl (C=O) groups is 1. The van der Waals surface area contributed by atoms with Gasteiger partial charge in [0.25, 0.3) is 0 Å². The molecule has 0 spiro atoms. The number of hydrogen-bond donors (Lipinski definition) is 0. The van der Waals surface area contributed by atoms with Gasteiger partial charge in [0.2, 0.25) is 0 Å². The van der Waals surface area contributed by atoms with Crippen molar-refractivity contribution in [1.82, 2.24) is 4.90 Å². The lowest BCUT2D eigenvalue weighted by Gasteiger charge is -2.25. The standard InChI is InChI=1S/C13H23NO2Si/c1-6-12-8-7-11(2)14(12)13(15)16-9-10-17(3,4)5/h1,11-12H,7-10H2,2-5H3/t11-,12+/m1/s1. The zero-order valence-electron chi connectivity index (χ0n) is 11.3. The van der Waals surface area contributed by atoms with Crippen LogP contribution in [0.25, 0.3) is 0 Å². The fourth-order valence-electron chi connectivity index (χ4n) is 1.97. The number of ether oxygens (including phenoxy) is 1. The molecule has 1 fully saturated rings. The molecule has 0 bridgehead atoms. The second kappa shape index (κ2) is 5.59. The lowest BCUT2D eigenvalue weighted by atomic mass is 10.2. The van der Waals surface area contributed by atoms with E-state index >= 15 is 0 Å². The lowest BCUT2D eigenvalue weighted by molar-refractivity contribution is 0.0980. The lowest BCUT2D eigenvalue weighted by Crippen LogP contribution is -2.40. The Bertz CT molecular complexity index is 316. The van der Waals surface area contributed by atoms with Crippen molar-refractivity contribution in [3.63, 3.8) is 0 Å². The number of likely N-dealkylation sites (tertiary alicyclic amines) is 1. The highest BCUT2D eigenvalue weighted by atomic mass is 28.3. The minimum atomic E-state index is -1.14. The van der Waals surface area contributed by atoms with Gasteiger partial charge in [0.1, 0.15) is 0 Å². The van der Waals surface area contributed by atoms with Gasteiger partial charge in [-0.1, -0.05) is 25.6 Å². The van der Waals surface area contributed by atoms with E-state index in [0.717, 1.165) is 18.9 Å². The van der Waals surface area contributed by atoms with E-state index in [-0.39, 0.29) is 18.2 Å². The third-order valence-electron chi connectivity index (χ3n) is 3.15. The predicted molar refractivity (Wildman–Crippen MR) is 72.7 cm³/mol. The van der Waals surface area contributed by atoms with Crippen molar-refractivity contribution in [3.8, 4) is 12.3 Å². The topological polar surface area (TPSA) is 29.5 Å². The molecule has 2 atom stereocenters. The zero-order chi connectivity index (χ0) is 13.1. The third-order valence-corrected chi connectivity index (χ3v) is 4.85. The van der Waals surface area contributed by atoms with Crippen LogP contribution in [-0.4, -0.2) is 37.8 Å². The first kappa shape index (κ1) is 14.1. The van der Waals surface area contributed by atoms with Crippen molar-refractivity contribution < 1.29 is 9.53 Å². The van der Waals surface area contributed by atoms with Gasteiger partial charge in [-0.05, 0) is 25.8 Å². The minimum Gasteiger partial charge on any atom is -0.450 e.